The van der Waals surface area contributed by atoms with Crippen LogP contribution in [-0.2, 0) is 18.4 Å². The van der Waals surface area contributed by atoms with Gasteiger partial charge in [-0.1, -0.05) is 289 Å². The number of hydrogen-bond acceptors (Lipinski definition) is 5. The number of amides is 1. The number of allylic oxidation sites excluding steroid dienone is 2. The Bertz CT molecular complexity index is 1150. The van der Waals surface area contributed by atoms with Crippen molar-refractivity contribution in [3.05, 3.63) is 12.2 Å². The summed E-state index contributed by atoms with van der Waals surface area (Å²) in [6.07, 6.45) is 65.8. The summed E-state index contributed by atoms with van der Waals surface area (Å²) in [6.45, 7) is 4.94. The van der Waals surface area contributed by atoms with Gasteiger partial charge in [-0.15, -0.1) is 0 Å². The Morgan fingerprint density at radius 3 is 1.10 bits per heavy atom. The van der Waals surface area contributed by atoms with Gasteiger partial charge in [-0.05, 0) is 38.5 Å². The molecule has 0 heterocycles. The van der Waals surface area contributed by atoms with Crippen molar-refractivity contribution in [3.8, 4) is 0 Å². The summed E-state index contributed by atoms with van der Waals surface area (Å²) in [6, 6.07) is -0.757. The molecular weight excluding hydrogens is 888 g/mol. The molecule has 70 heavy (non-hydrogen) atoms. The normalized spacial score (nSPS) is 13.9. The van der Waals surface area contributed by atoms with E-state index >= 15 is 0 Å². The molecule has 0 aliphatic rings. The largest absolute Gasteiger partial charge is 0.472 e. The number of nitrogens with zero attached hydrogens (tertiary/aromatic N) is 1. The molecule has 0 fully saturated rings. The maximum atomic E-state index is 13.0. The van der Waals surface area contributed by atoms with Crippen molar-refractivity contribution in [1.82, 2.24) is 5.32 Å². The summed E-state index contributed by atoms with van der Waals surface area (Å²) in [5, 5.41) is 14.1. The van der Waals surface area contributed by atoms with Gasteiger partial charge in [0.05, 0.1) is 39.9 Å². The lowest BCUT2D eigenvalue weighted by atomic mass is 10.0. The second kappa shape index (κ2) is 53.1. The van der Waals surface area contributed by atoms with Crippen LogP contribution in [0.5, 0.6) is 0 Å². The van der Waals surface area contributed by atoms with Crippen LogP contribution in [0.1, 0.15) is 322 Å². The van der Waals surface area contributed by atoms with Crippen molar-refractivity contribution < 1.29 is 32.9 Å². The number of unbranched alkanes of at least 4 members (excludes halogenated alkanes) is 43. The maximum Gasteiger partial charge on any atom is 0.472 e. The number of quaternary nitrogens is 1. The van der Waals surface area contributed by atoms with Gasteiger partial charge in [-0.25, -0.2) is 4.57 Å². The van der Waals surface area contributed by atoms with Gasteiger partial charge < -0.3 is 19.8 Å². The average molecular weight is 1010 g/mol. The highest BCUT2D eigenvalue weighted by atomic mass is 31.2. The van der Waals surface area contributed by atoms with E-state index in [1.165, 1.54) is 257 Å². The highest BCUT2D eigenvalue weighted by molar-refractivity contribution is 7.47. The monoisotopic (exact) mass is 1010 g/mol. The Labute approximate surface area is 437 Å². The molecule has 3 atom stereocenters. The first-order valence-corrected chi connectivity index (χ1v) is 32.5. The third-order valence-electron chi connectivity index (χ3n) is 14.5. The van der Waals surface area contributed by atoms with Crippen LogP contribution in [0.25, 0.3) is 0 Å². The number of nitrogens with one attached hydrogen (secondary N) is 1. The van der Waals surface area contributed by atoms with Crippen LogP contribution in [0, 0.1) is 0 Å². The van der Waals surface area contributed by atoms with E-state index in [-0.39, 0.29) is 19.1 Å². The van der Waals surface area contributed by atoms with E-state index < -0.39 is 20.0 Å². The highest BCUT2D eigenvalue weighted by Gasteiger charge is 2.28. The van der Waals surface area contributed by atoms with Crippen molar-refractivity contribution in [1.29, 1.82) is 0 Å². The van der Waals surface area contributed by atoms with Crippen LogP contribution in [0.2, 0.25) is 0 Å². The van der Waals surface area contributed by atoms with E-state index in [0.717, 1.165) is 38.5 Å². The molecule has 0 aromatic carbocycles. The highest BCUT2D eigenvalue weighted by Crippen LogP contribution is 2.43. The van der Waals surface area contributed by atoms with Gasteiger partial charge in [0.2, 0.25) is 5.91 Å². The Morgan fingerprint density at radius 1 is 0.471 bits per heavy atom. The molecule has 0 rings (SSSR count). The maximum absolute atomic E-state index is 13.0. The Kier molecular flexibility index (Phi) is 52.5. The minimum Gasteiger partial charge on any atom is -0.391 e. The summed E-state index contributed by atoms with van der Waals surface area (Å²) < 4.78 is 23.8. The van der Waals surface area contributed by atoms with Gasteiger partial charge in [-0.2, -0.15) is 0 Å². The summed E-state index contributed by atoms with van der Waals surface area (Å²) in [7, 11) is 1.63. The number of carbonyl (C=O) groups excluding carboxylic acids is 1. The molecule has 0 aromatic heterocycles. The van der Waals surface area contributed by atoms with E-state index in [1.807, 2.05) is 21.1 Å². The van der Waals surface area contributed by atoms with Crippen molar-refractivity contribution in [3.63, 3.8) is 0 Å². The molecule has 1 amide bonds. The molecule has 418 valence electrons. The summed E-state index contributed by atoms with van der Waals surface area (Å²) in [4.78, 5) is 23.3. The standard InChI is InChI=1S/C61H123N2O6P/c1-6-8-10-12-14-16-18-20-22-23-24-25-26-27-28-29-30-31-32-33-34-35-36-37-38-39-41-43-45-47-49-51-53-55-61(65)62-59(58-69-70(66,67)68-57-56-63(3,4)5)60(64)54-52-50-48-46-44-42-40-21-19-17-15-13-11-9-7-2/h27-28,59-60,64H,6-26,29-58H2,1-5H3,(H-,62,65,66,67)/p+1/b28-27-. The number of carbonyl (C=O) groups is 1. The van der Waals surface area contributed by atoms with E-state index in [1.54, 1.807) is 0 Å². The predicted molar refractivity (Wildman–Crippen MR) is 305 cm³/mol. The molecule has 8 nitrogen and oxygen atoms in total. The first kappa shape index (κ1) is 69.2. The molecule has 0 saturated carbocycles. The van der Waals surface area contributed by atoms with Gasteiger partial charge in [0.1, 0.15) is 13.2 Å². The SMILES string of the molecule is CCCCCCCCCCCCCC/C=C\CCCCCCCCCCCCCCCCCCCC(=O)NC(COP(=O)(O)OCC[N+](C)(C)C)C(O)CCCCCCCCCCCCCCCCC. The van der Waals surface area contributed by atoms with Gasteiger partial charge >= 0.3 is 7.82 Å². The number of hydrogen-bond donors (Lipinski definition) is 3. The third-order valence-corrected chi connectivity index (χ3v) is 15.5. The second-order valence-electron chi connectivity index (χ2n) is 22.8. The number of phosphoric acid groups is 1. The van der Waals surface area contributed by atoms with Crippen LogP contribution >= 0.6 is 7.82 Å². The molecule has 0 bridgehead atoms. The lowest BCUT2D eigenvalue weighted by Crippen LogP contribution is -2.46. The lowest BCUT2D eigenvalue weighted by Gasteiger charge is -2.26. The Hall–Kier alpha value is -0.760. The second-order valence-corrected chi connectivity index (χ2v) is 24.2. The summed E-state index contributed by atoms with van der Waals surface area (Å²) >= 11 is 0. The Morgan fingerprint density at radius 2 is 0.771 bits per heavy atom. The smallest absolute Gasteiger partial charge is 0.391 e. The number of phosphoric ester groups is 1. The first-order chi connectivity index (χ1) is 34.0. The van der Waals surface area contributed by atoms with E-state index in [2.05, 4.69) is 31.3 Å². The molecule has 0 aromatic rings. The molecule has 9 heteroatoms. The average Bonchev–Trinajstić information content (AvgIpc) is 3.32. The molecule has 0 saturated heterocycles. The van der Waals surface area contributed by atoms with E-state index in [9.17, 15) is 19.4 Å². The summed E-state index contributed by atoms with van der Waals surface area (Å²) in [5.74, 6) is -0.138. The molecule has 0 aliphatic carbocycles. The van der Waals surface area contributed by atoms with Gasteiger partial charge in [-0.3, -0.25) is 13.8 Å². The van der Waals surface area contributed by atoms with Crippen LogP contribution in [0.3, 0.4) is 0 Å². The van der Waals surface area contributed by atoms with Crippen LogP contribution < -0.4 is 5.32 Å². The summed E-state index contributed by atoms with van der Waals surface area (Å²) in [5.41, 5.74) is 0. The number of aliphatic hydroxyl groups excluding tert-OH is 1. The zero-order chi connectivity index (χ0) is 51.3. The quantitative estimate of drug-likeness (QED) is 0.0243. The molecular formula is C61H124N2O6P+. The number of aliphatic hydroxyl groups is 1. The fraction of sp³-hybridized carbons (Fsp3) is 0.951. The van der Waals surface area contributed by atoms with Gasteiger partial charge in [0.15, 0.2) is 0 Å². The fourth-order valence-corrected chi connectivity index (χ4v) is 10.4. The van der Waals surface area contributed by atoms with Gasteiger partial charge in [0, 0.05) is 6.42 Å². The predicted octanol–water partition coefficient (Wildman–Crippen LogP) is 19.0. The lowest BCUT2D eigenvalue weighted by molar-refractivity contribution is -0.870. The first-order valence-electron chi connectivity index (χ1n) is 31.1. The van der Waals surface area contributed by atoms with Crippen LogP contribution in [-0.4, -0.2) is 73.4 Å². The van der Waals surface area contributed by atoms with Crippen molar-refractivity contribution in [2.24, 2.45) is 0 Å². The zero-order valence-corrected chi connectivity index (χ0v) is 48.7. The van der Waals surface area contributed by atoms with Crippen molar-refractivity contribution in [2.45, 2.75) is 334 Å². The van der Waals surface area contributed by atoms with Crippen LogP contribution in [0.4, 0.5) is 0 Å². The number of rotatable bonds is 58. The van der Waals surface area contributed by atoms with E-state index in [4.69, 9.17) is 9.05 Å². The Balaban J connectivity index is 3.96. The van der Waals surface area contributed by atoms with E-state index in [0.29, 0.717) is 23.9 Å². The fourth-order valence-electron chi connectivity index (χ4n) is 9.63. The van der Waals surface area contributed by atoms with Gasteiger partial charge in [0.25, 0.3) is 0 Å². The third kappa shape index (κ3) is 55.0. The van der Waals surface area contributed by atoms with Crippen LogP contribution in [0.15, 0.2) is 12.2 Å². The number of likely N-dealkylation sites (N-methyl/N-ethyl adjacent to an activating group) is 1. The minimum absolute atomic E-state index is 0.0778. The molecule has 0 radical (unpaired) electrons. The van der Waals surface area contributed by atoms with Crippen molar-refractivity contribution >= 4 is 13.7 Å². The topological polar surface area (TPSA) is 105 Å². The molecule has 0 aliphatic heterocycles. The van der Waals surface area contributed by atoms with Crippen molar-refractivity contribution in [2.75, 3.05) is 40.9 Å². The zero-order valence-electron chi connectivity index (χ0n) is 47.8. The minimum atomic E-state index is -4.32. The molecule has 0 spiro atoms. The molecule has 3 unspecified atom stereocenters. The molecule has 3 N–H and O–H groups in total.